The molecule has 2 N–H and O–H groups in total. The molecular formula is C16H18N2S. The van der Waals surface area contributed by atoms with Gasteiger partial charge in [-0.05, 0) is 68.0 Å². The van der Waals surface area contributed by atoms with E-state index in [1.54, 1.807) is 11.8 Å². The quantitative estimate of drug-likeness (QED) is 0.862. The summed E-state index contributed by atoms with van der Waals surface area (Å²) in [5, 5.41) is 0. The van der Waals surface area contributed by atoms with Crippen molar-refractivity contribution in [3.05, 3.63) is 40.4 Å². The van der Waals surface area contributed by atoms with Gasteiger partial charge in [0.15, 0.2) is 0 Å². The lowest BCUT2D eigenvalue weighted by Gasteiger charge is -2.04. The maximum absolute atomic E-state index is 5.88. The van der Waals surface area contributed by atoms with Crippen LogP contribution in [0.3, 0.4) is 0 Å². The Hall–Kier alpha value is -1.61. The average Bonchev–Trinajstić information content (AvgIpc) is 3.05. The molecule has 1 aliphatic rings. The van der Waals surface area contributed by atoms with E-state index in [1.165, 1.54) is 41.0 Å². The van der Waals surface area contributed by atoms with E-state index in [-0.39, 0.29) is 0 Å². The van der Waals surface area contributed by atoms with E-state index in [2.05, 4.69) is 23.2 Å². The molecule has 1 saturated carbocycles. The molecule has 0 spiro atoms. The van der Waals surface area contributed by atoms with Crippen molar-refractivity contribution in [1.82, 2.24) is 4.98 Å². The summed E-state index contributed by atoms with van der Waals surface area (Å²) >= 11 is 1.84. The molecule has 0 atom stereocenters. The monoisotopic (exact) mass is 270 g/mol. The molecule has 0 aromatic carbocycles. The van der Waals surface area contributed by atoms with Crippen LogP contribution in [0, 0.1) is 6.92 Å². The first kappa shape index (κ1) is 12.4. The van der Waals surface area contributed by atoms with Crippen LogP contribution in [0.2, 0.25) is 0 Å². The Balaban J connectivity index is 1.92. The first-order valence-electron chi connectivity index (χ1n) is 6.75. The van der Waals surface area contributed by atoms with Crippen LogP contribution in [0.25, 0.3) is 16.5 Å². The van der Waals surface area contributed by atoms with Gasteiger partial charge in [-0.2, -0.15) is 0 Å². The summed E-state index contributed by atoms with van der Waals surface area (Å²) in [6.45, 7) is 2.03. The standard InChI is InChI=1S/C16H18N2S/c1-11-14(8-9-18-16(11)17)15-7-6-13(19-15)10-12-4-2-3-5-12/h6-10H,2-5H2,1H3,(H2,17,18). The molecular weight excluding hydrogens is 252 g/mol. The van der Waals surface area contributed by atoms with Crippen LogP contribution in [0.5, 0.6) is 0 Å². The lowest BCUT2D eigenvalue weighted by molar-refractivity contribution is 0.886. The van der Waals surface area contributed by atoms with E-state index in [1.807, 2.05) is 24.3 Å². The second kappa shape index (κ2) is 5.17. The van der Waals surface area contributed by atoms with Crippen LogP contribution in [-0.2, 0) is 0 Å². The number of hydrogen-bond donors (Lipinski definition) is 1. The fraction of sp³-hybridized carbons (Fsp3) is 0.312. The van der Waals surface area contributed by atoms with Crippen molar-refractivity contribution < 1.29 is 0 Å². The maximum atomic E-state index is 5.88. The Labute approximate surface area is 118 Å². The van der Waals surface area contributed by atoms with Gasteiger partial charge in [-0.1, -0.05) is 5.57 Å². The number of pyridine rings is 1. The van der Waals surface area contributed by atoms with Crippen molar-refractivity contribution in [3.8, 4) is 10.4 Å². The fourth-order valence-corrected chi connectivity index (χ4v) is 3.65. The van der Waals surface area contributed by atoms with Crippen molar-refractivity contribution >= 4 is 23.2 Å². The molecule has 3 heteroatoms. The first-order valence-corrected chi connectivity index (χ1v) is 7.56. The normalized spacial score (nSPS) is 14.9. The van der Waals surface area contributed by atoms with Crippen molar-refractivity contribution in [2.24, 2.45) is 0 Å². The number of allylic oxidation sites excluding steroid dienone is 1. The maximum Gasteiger partial charge on any atom is 0.126 e. The lowest BCUT2D eigenvalue weighted by atomic mass is 10.1. The number of nitrogens with two attached hydrogens (primary N) is 1. The highest BCUT2D eigenvalue weighted by atomic mass is 32.1. The third kappa shape index (κ3) is 2.56. The molecule has 0 radical (unpaired) electrons. The van der Waals surface area contributed by atoms with Crippen molar-refractivity contribution in [3.63, 3.8) is 0 Å². The fourth-order valence-electron chi connectivity index (χ4n) is 2.57. The highest BCUT2D eigenvalue weighted by molar-refractivity contribution is 7.16. The zero-order valence-corrected chi connectivity index (χ0v) is 12.0. The van der Waals surface area contributed by atoms with Gasteiger partial charge in [0.25, 0.3) is 0 Å². The third-order valence-corrected chi connectivity index (χ3v) is 4.79. The van der Waals surface area contributed by atoms with Crippen molar-refractivity contribution in [1.29, 1.82) is 0 Å². The Morgan fingerprint density at radius 3 is 2.79 bits per heavy atom. The van der Waals surface area contributed by atoms with Gasteiger partial charge in [-0.3, -0.25) is 0 Å². The van der Waals surface area contributed by atoms with E-state index in [0.29, 0.717) is 5.82 Å². The molecule has 98 valence electrons. The predicted molar refractivity (Wildman–Crippen MR) is 83.1 cm³/mol. The molecule has 0 unspecified atom stereocenters. The SMILES string of the molecule is Cc1c(-c2ccc(C=C3CCCC3)s2)ccnc1N. The molecule has 3 rings (SSSR count). The smallest absolute Gasteiger partial charge is 0.126 e. The molecule has 2 heterocycles. The number of nitrogens with zero attached hydrogens (tertiary/aromatic N) is 1. The zero-order chi connectivity index (χ0) is 13.2. The topological polar surface area (TPSA) is 38.9 Å². The molecule has 19 heavy (non-hydrogen) atoms. The number of nitrogen functional groups attached to an aromatic ring is 1. The highest BCUT2D eigenvalue weighted by Crippen LogP contribution is 2.34. The minimum Gasteiger partial charge on any atom is -0.383 e. The predicted octanol–water partition coefficient (Wildman–Crippen LogP) is 4.66. The first-order chi connectivity index (χ1) is 9.24. The summed E-state index contributed by atoms with van der Waals surface area (Å²) in [5.41, 5.74) is 9.75. The van der Waals surface area contributed by atoms with E-state index in [9.17, 15) is 0 Å². The van der Waals surface area contributed by atoms with Crippen LogP contribution in [-0.4, -0.2) is 4.98 Å². The van der Waals surface area contributed by atoms with Crippen LogP contribution < -0.4 is 5.73 Å². The lowest BCUT2D eigenvalue weighted by Crippen LogP contribution is -1.94. The number of aromatic nitrogens is 1. The molecule has 0 bridgehead atoms. The molecule has 2 nitrogen and oxygen atoms in total. The Morgan fingerprint density at radius 2 is 2.00 bits per heavy atom. The summed E-state index contributed by atoms with van der Waals surface area (Å²) in [5.74, 6) is 0.626. The summed E-state index contributed by atoms with van der Waals surface area (Å²) < 4.78 is 0. The summed E-state index contributed by atoms with van der Waals surface area (Å²) in [6, 6.07) is 6.44. The second-order valence-corrected chi connectivity index (χ2v) is 6.20. The van der Waals surface area contributed by atoms with Gasteiger partial charge in [0, 0.05) is 16.0 Å². The summed E-state index contributed by atoms with van der Waals surface area (Å²) in [4.78, 5) is 6.75. The van der Waals surface area contributed by atoms with Gasteiger partial charge < -0.3 is 5.73 Å². The van der Waals surface area contributed by atoms with Gasteiger partial charge in [0.2, 0.25) is 0 Å². The van der Waals surface area contributed by atoms with E-state index >= 15 is 0 Å². The largest absolute Gasteiger partial charge is 0.383 e. The van der Waals surface area contributed by atoms with E-state index in [0.717, 1.165) is 5.56 Å². The highest BCUT2D eigenvalue weighted by Gasteiger charge is 2.09. The number of rotatable bonds is 2. The van der Waals surface area contributed by atoms with Gasteiger partial charge in [0.05, 0.1) is 0 Å². The van der Waals surface area contributed by atoms with Gasteiger partial charge in [0.1, 0.15) is 5.82 Å². The Morgan fingerprint density at radius 1 is 1.21 bits per heavy atom. The molecule has 1 aliphatic carbocycles. The summed E-state index contributed by atoms with van der Waals surface area (Å²) in [6.07, 6.45) is 9.39. The van der Waals surface area contributed by atoms with Gasteiger partial charge in [-0.15, -0.1) is 11.3 Å². The number of thiophene rings is 1. The Kier molecular flexibility index (Phi) is 3.38. The number of anilines is 1. The average molecular weight is 270 g/mol. The minimum absolute atomic E-state index is 0.626. The van der Waals surface area contributed by atoms with Gasteiger partial charge >= 0.3 is 0 Å². The Bertz CT molecular complexity index is 617. The molecule has 1 fully saturated rings. The molecule has 0 aliphatic heterocycles. The molecule has 0 amide bonds. The van der Waals surface area contributed by atoms with Gasteiger partial charge in [-0.25, -0.2) is 4.98 Å². The van der Waals surface area contributed by atoms with Crippen molar-refractivity contribution in [2.75, 3.05) is 5.73 Å². The zero-order valence-electron chi connectivity index (χ0n) is 11.1. The van der Waals surface area contributed by atoms with Crippen LogP contribution in [0.4, 0.5) is 5.82 Å². The number of hydrogen-bond acceptors (Lipinski definition) is 3. The van der Waals surface area contributed by atoms with Crippen molar-refractivity contribution in [2.45, 2.75) is 32.6 Å². The van der Waals surface area contributed by atoms with Crippen LogP contribution in [0.1, 0.15) is 36.1 Å². The van der Waals surface area contributed by atoms with Crippen LogP contribution >= 0.6 is 11.3 Å². The van der Waals surface area contributed by atoms with E-state index < -0.39 is 0 Å². The molecule has 0 saturated heterocycles. The summed E-state index contributed by atoms with van der Waals surface area (Å²) in [7, 11) is 0. The molecule has 2 aromatic heterocycles. The molecule has 2 aromatic rings. The van der Waals surface area contributed by atoms with E-state index in [4.69, 9.17) is 5.73 Å². The second-order valence-electron chi connectivity index (χ2n) is 5.08. The van der Waals surface area contributed by atoms with Crippen LogP contribution in [0.15, 0.2) is 30.0 Å². The minimum atomic E-state index is 0.626. The third-order valence-electron chi connectivity index (χ3n) is 3.73.